The van der Waals surface area contributed by atoms with E-state index < -0.39 is 0 Å². The van der Waals surface area contributed by atoms with Gasteiger partial charge in [0.25, 0.3) is 5.91 Å². The summed E-state index contributed by atoms with van der Waals surface area (Å²) in [5.41, 5.74) is 1.69. The monoisotopic (exact) mass is 316 g/mol. The molecule has 1 aromatic rings. The number of carbonyl (C=O) groups excluding carboxylic acids is 1. The molecule has 1 N–H and O–H groups in total. The van der Waals surface area contributed by atoms with Crippen LogP contribution in [0.15, 0.2) is 40.8 Å². The Morgan fingerprint density at radius 3 is 2.82 bits per heavy atom. The number of rotatable bonds is 5. The van der Waals surface area contributed by atoms with E-state index in [0.717, 1.165) is 16.3 Å². The molecule has 1 aliphatic rings. The Balaban J connectivity index is 2.33. The number of amides is 1. The predicted molar refractivity (Wildman–Crippen MR) is 92.9 cm³/mol. The van der Waals surface area contributed by atoms with Crippen molar-refractivity contribution < 1.29 is 9.90 Å². The van der Waals surface area contributed by atoms with Gasteiger partial charge in [0.2, 0.25) is 0 Å². The molecule has 2 rings (SSSR count). The first kappa shape index (κ1) is 16.4. The van der Waals surface area contributed by atoms with Gasteiger partial charge in [-0.15, -0.1) is 6.58 Å². The number of allylic oxidation sites excluding steroid dienone is 1. The normalized spacial score (nSPS) is 18.5. The van der Waals surface area contributed by atoms with Gasteiger partial charge in [-0.05, 0) is 61.4 Å². The molecular formula is C17H20N2O2S. The van der Waals surface area contributed by atoms with E-state index in [0.29, 0.717) is 24.4 Å². The summed E-state index contributed by atoms with van der Waals surface area (Å²) in [5.74, 6) is 0.230. The standard InChI is InChI=1S/C17H20N2O2S/c1-4-7-13-10-12(8-9-14(13)20)11-15-16(21)19(6-3)17(22-15)18-5-2/h4,8-11,20H,1,5-7H2,2-3H3/b15-11-,18-17?. The van der Waals surface area contributed by atoms with Crippen molar-refractivity contribution in [3.8, 4) is 5.75 Å². The fraction of sp³-hybridized carbons (Fsp3) is 0.294. The van der Waals surface area contributed by atoms with E-state index in [1.54, 1.807) is 23.1 Å². The van der Waals surface area contributed by atoms with E-state index in [-0.39, 0.29) is 11.7 Å². The maximum absolute atomic E-state index is 12.4. The van der Waals surface area contributed by atoms with Crippen molar-refractivity contribution in [2.75, 3.05) is 13.1 Å². The van der Waals surface area contributed by atoms with Crippen LogP contribution in [0.3, 0.4) is 0 Å². The lowest BCUT2D eigenvalue weighted by Gasteiger charge is -2.11. The second kappa shape index (κ2) is 7.31. The van der Waals surface area contributed by atoms with Gasteiger partial charge < -0.3 is 5.11 Å². The zero-order valence-corrected chi connectivity index (χ0v) is 13.7. The number of amidine groups is 1. The second-order valence-electron chi connectivity index (χ2n) is 4.80. The third-order valence-electron chi connectivity index (χ3n) is 3.26. The SMILES string of the molecule is C=CCc1cc(/C=C2\SC(=NCC)N(CC)C2=O)ccc1O. The smallest absolute Gasteiger partial charge is 0.266 e. The van der Waals surface area contributed by atoms with Crippen LogP contribution < -0.4 is 0 Å². The second-order valence-corrected chi connectivity index (χ2v) is 5.81. The quantitative estimate of drug-likeness (QED) is 0.669. The van der Waals surface area contributed by atoms with Crippen LogP contribution in [0.25, 0.3) is 6.08 Å². The number of nitrogens with zero attached hydrogens (tertiary/aromatic N) is 2. The Kier molecular flexibility index (Phi) is 5.44. The van der Waals surface area contributed by atoms with Crippen LogP contribution in [-0.4, -0.2) is 34.2 Å². The van der Waals surface area contributed by atoms with Gasteiger partial charge in [0, 0.05) is 13.1 Å². The number of likely N-dealkylation sites (N-methyl/N-ethyl adjacent to an activating group) is 1. The van der Waals surface area contributed by atoms with Crippen molar-refractivity contribution >= 4 is 28.9 Å². The molecule has 1 amide bonds. The summed E-state index contributed by atoms with van der Waals surface area (Å²) in [6, 6.07) is 5.32. The highest BCUT2D eigenvalue weighted by molar-refractivity contribution is 8.18. The van der Waals surface area contributed by atoms with Gasteiger partial charge in [0.1, 0.15) is 5.75 Å². The van der Waals surface area contributed by atoms with Crippen LogP contribution in [0.2, 0.25) is 0 Å². The number of thioether (sulfide) groups is 1. The van der Waals surface area contributed by atoms with Crippen LogP contribution in [0.1, 0.15) is 25.0 Å². The van der Waals surface area contributed by atoms with Crippen molar-refractivity contribution in [1.82, 2.24) is 4.90 Å². The highest BCUT2D eigenvalue weighted by Crippen LogP contribution is 2.33. The van der Waals surface area contributed by atoms with Gasteiger partial charge in [-0.2, -0.15) is 0 Å². The number of phenolic OH excluding ortho intramolecular Hbond substituents is 1. The zero-order valence-electron chi connectivity index (χ0n) is 12.9. The molecule has 0 saturated carbocycles. The molecule has 0 radical (unpaired) electrons. The number of aliphatic imine (C=N–C) groups is 1. The average Bonchev–Trinajstić information content (AvgIpc) is 2.79. The molecule has 0 aromatic heterocycles. The van der Waals surface area contributed by atoms with Crippen molar-refractivity contribution in [3.63, 3.8) is 0 Å². The third-order valence-corrected chi connectivity index (χ3v) is 4.31. The van der Waals surface area contributed by atoms with E-state index in [1.807, 2.05) is 26.0 Å². The Morgan fingerprint density at radius 2 is 2.18 bits per heavy atom. The maximum Gasteiger partial charge on any atom is 0.266 e. The van der Waals surface area contributed by atoms with E-state index in [9.17, 15) is 9.90 Å². The first-order valence-corrected chi connectivity index (χ1v) is 8.11. The molecule has 116 valence electrons. The van der Waals surface area contributed by atoms with Crippen molar-refractivity contribution in [2.24, 2.45) is 4.99 Å². The molecule has 4 nitrogen and oxygen atoms in total. The first-order valence-electron chi connectivity index (χ1n) is 7.29. The van der Waals surface area contributed by atoms with Crippen LogP contribution in [0, 0.1) is 0 Å². The summed E-state index contributed by atoms with van der Waals surface area (Å²) < 4.78 is 0. The van der Waals surface area contributed by atoms with E-state index in [2.05, 4.69) is 11.6 Å². The number of aromatic hydroxyl groups is 1. The minimum Gasteiger partial charge on any atom is -0.508 e. The van der Waals surface area contributed by atoms with Gasteiger partial charge in [-0.1, -0.05) is 12.1 Å². The number of carbonyl (C=O) groups is 1. The molecule has 1 fully saturated rings. The van der Waals surface area contributed by atoms with Gasteiger partial charge >= 0.3 is 0 Å². The molecule has 5 heteroatoms. The fourth-order valence-corrected chi connectivity index (χ4v) is 3.31. The summed E-state index contributed by atoms with van der Waals surface area (Å²) >= 11 is 1.40. The van der Waals surface area contributed by atoms with Gasteiger partial charge in [0.05, 0.1) is 4.91 Å². The molecule has 1 saturated heterocycles. The average molecular weight is 316 g/mol. The molecule has 1 heterocycles. The Labute approximate surface area is 135 Å². The first-order chi connectivity index (χ1) is 10.6. The third kappa shape index (κ3) is 3.42. The molecule has 0 bridgehead atoms. The number of phenols is 1. The maximum atomic E-state index is 12.4. The van der Waals surface area contributed by atoms with E-state index >= 15 is 0 Å². The minimum absolute atomic E-state index is 0.0157. The molecule has 1 aromatic carbocycles. The van der Waals surface area contributed by atoms with Crippen LogP contribution in [0.4, 0.5) is 0 Å². The summed E-state index contributed by atoms with van der Waals surface area (Å²) in [4.78, 5) is 19.1. The fourth-order valence-electron chi connectivity index (χ4n) is 2.21. The van der Waals surface area contributed by atoms with Gasteiger partial charge in [0.15, 0.2) is 5.17 Å². The van der Waals surface area contributed by atoms with Crippen molar-refractivity contribution in [1.29, 1.82) is 0 Å². The Bertz CT molecular complexity index is 650. The summed E-state index contributed by atoms with van der Waals surface area (Å²) in [5, 5.41) is 10.6. The largest absolute Gasteiger partial charge is 0.508 e. The number of benzene rings is 1. The van der Waals surface area contributed by atoms with Gasteiger partial charge in [-0.3, -0.25) is 14.7 Å². The molecule has 0 spiro atoms. The predicted octanol–water partition coefficient (Wildman–Crippen LogP) is 3.43. The van der Waals surface area contributed by atoms with E-state index in [4.69, 9.17) is 0 Å². The lowest BCUT2D eigenvalue weighted by molar-refractivity contribution is -0.122. The van der Waals surface area contributed by atoms with Crippen LogP contribution >= 0.6 is 11.8 Å². The van der Waals surface area contributed by atoms with Gasteiger partial charge in [-0.25, -0.2) is 0 Å². The minimum atomic E-state index is -0.0157. The molecule has 0 aliphatic carbocycles. The summed E-state index contributed by atoms with van der Waals surface area (Å²) in [7, 11) is 0. The van der Waals surface area contributed by atoms with Crippen LogP contribution in [-0.2, 0) is 11.2 Å². The number of hydrogen-bond acceptors (Lipinski definition) is 4. The molecule has 0 atom stereocenters. The number of hydrogen-bond donors (Lipinski definition) is 1. The van der Waals surface area contributed by atoms with Crippen LogP contribution in [0.5, 0.6) is 5.75 Å². The topological polar surface area (TPSA) is 52.9 Å². The Hall–Kier alpha value is -2.01. The van der Waals surface area contributed by atoms with E-state index in [1.165, 1.54) is 11.8 Å². The molecule has 1 aliphatic heterocycles. The lowest BCUT2D eigenvalue weighted by atomic mass is 10.1. The Morgan fingerprint density at radius 1 is 1.41 bits per heavy atom. The lowest BCUT2D eigenvalue weighted by Crippen LogP contribution is -2.28. The van der Waals surface area contributed by atoms with Crippen molar-refractivity contribution in [2.45, 2.75) is 20.3 Å². The zero-order chi connectivity index (χ0) is 16.1. The molecule has 22 heavy (non-hydrogen) atoms. The summed E-state index contributed by atoms with van der Waals surface area (Å²) in [6.07, 6.45) is 4.18. The highest BCUT2D eigenvalue weighted by atomic mass is 32.2. The van der Waals surface area contributed by atoms with Crippen molar-refractivity contribution in [3.05, 3.63) is 46.9 Å². The highest BCUT2D eigenvalue weighted by Gasteiger charge is 2.31. The molecule has 0 unspecified atom stereocenters. The summed E-state index contributed by atoms with van der Waals surface area (Å²) in [6.45, 7) is 8.84. The molecular weight excluding hydrogens is 296 g/mol.